The van der Waals surface area contributed by atoms with E-state index in [0.717, 1.165) is 0 Å². The lowest BCUT2D eigenvalue weighted by atomic mass is 10.1. The third-order valence-electron chi connectivity index (χ3n) is 2.67. The minimum Gasteiger partial charge on any atom is -0.480 e. The van der Waals surface area contributed by atoms with Crippen molar-refractivity contribution in [2.45, 2.75) is 51.7 Å². The molecule has 0 saturated carbocycles. The maximum Gasteiger partial charge on any atom is 0.408 e. The zero-order valence-electron chi connectivity index (χ0n) is 14.7. The van der Waals surface area contributed by atoms with Gasteiger partial charge in [0.25, 0.3) is 0 Å². The maximum absolute atomic E-state index is 11.6. The first-order chi connectivity index (χ1) is 11.7. The molecule has 0 bridgehead atoms. The van der Waals surface area contributed by atoms with Crippen molar-refractivity contribution in [3.05, 3.63) is 10.4 Å². The molecule has 0 spiro atoms. The fraction of sp³-hybridized carbons (Fsp3) is 0.786. The number of nitrogens with zero attached hydrogens (tertiary/aromatic N) is 3. The first-order valence-corrected chi connectivity index (χ1v) is 7.79. The number of aliphatic carboxylic acids is 1. The van der Waals surface area contributed by atoms with Crippen molar-refractivity contribution in [3.8, 4) is 0 Å². The molecule has 0 aromatic heterocycles. The van der Waals surface area contributed by atoms with Gasteiger partial charge >= 0.3 is 18.2 Å². The largest absolute Gasteiger partial charge is 0.480 e. The number of hydrogen-bond donors (Lipinski definition) is 3. The second kappa shape index (κ2) is 11.8. The van der Waals surface area contributed by atoms with Crippen molar-refractivity contribution < 1.29 is 29.0 Å². The summed E-state index contributed by atoms with van der Waals surface area (Å²) in [4.78, 5) is 36.5. The quantitative estimate of drug-likeness (QED) is 0.234. The third-order valence-corrected chi connectivity index (χ3v) is 2.67. The Bertz CT molecular complexity index is 498. The Morgan fingerprint density at radius 3 is 2.48 bits per heavy atom. The van der Waals surface area contributed by atoms with E-state index in [1.54, 1.807) is 20.8 Å². The highest BCUT2D eigenvalue weighted by Crippen LogP contribution is 2.08. The zero-order chi connectivity index (χ0) is 19.3. The molecule has 0 aromatic carbocycles. The summed E-state index contributed by atoms with van der Waals surface area (Å²) < 4.78 is 9.74. The van der Waals surface area contributed by atoms with E-state index < -0.39 is 29.8 Å². The molecule has 0 radical (unpaired) electrons. The lowest BCUT2D eigenvalue weighted by Gasteiger charge is -2.22. The predicted molar refractivity (Wildman–Crippen MR) is 88.0 cm³/mol. The molecule has 0 aromatic rings. The number of alkyl carbamates (subject to hydrolysis) is 2. The molecule has 11 nitrogen and oxygen atoms in total. The summed E-state index contributed by atoms with van der Waals surface area (Å²) in [5.41, 5.74) is 7.34. The van der Waals surface area contributed by atoms with Gasteiger partial charge in [-0.15, -0.1) is 0 Å². The van der Waals surface area contributed by atoms with Gasteiger partial charge in [0.2, 0.25) is 0 Å². The zero-order valence-corrected chi connectivity index (χ0v) is 14.7. The van der Waals surface area contributed by atoms with Gasteiger partial charge in [-0.25, -0.2) is 14.4 Å². The monoisotopic (exact) mass is 359 g/mol. The van der Waals surface area contributed by atoms with E-state index in [2.05, 4.69) is 20.7 Å². The van der Waals surface area contributed by atoms with Gasteiger partial charge in [-0.05, 0) is 45.6 Å². The molecule has 0 aliphatic carbocycles. The van der Waals surface area contributed by atoms with Crippen LogP contribution in [-0.4, -0.2) is 54.6 Å². The summed E-state index contributed by atoms with van der Waals surface area (Å²) in [5.74, 6) is -1.16. The fourth-order valence-electron chi connectivity index (χ4n) is 1.65. The van der Waals surface area contributed by atoms with Gasteiger partial charge in [0.05, 0.1) is 13.2 Å². The van der Waals surface area contributed by atoms with E-state index in [-0.39, 0.29) is 19.6 Å². The molecule has 2 amide bonds. The Labute approximate surface area is 145 Å². The number of carbonyl (C=O) groups excluding carboxylic acids is 2. The predicted octanol–water partition coefficient (Wildman–Crippen LogP) is 2.17. The van der Waals surface area contributed by atoms with E-state index in [1.807, 2.05) is 0 Å². The van der Waals surface area contributed by atoms with Crippen LogP contribution >= 0.6 is 0 Å². The second-order valence-corrected chi connectivity index (χ2v) is 6.05. The molecule has 0 fully saturated rings. The maximum atomic E-state index is 11.6. The molecule has 142 valence electrons. The van der Waals surface area contributed by atoms with Crippen LogP contribution in [0.4, 0.5) is 9.59 Å². The topological polar surface area (TPSA) is 163 Å². The molecule has 11 heteroatoms. The molecular formula is C14H25N5O6. The molecule has 0 heterocycles. The average molecular weight is 359 g/mol. The van der Waals surface area contributed by atoms with Crippen LogP contribution in [-0.2, 0) is 14.3 Å². The summed E-state index contributed by atoms with van der Waals surface area (Å²) in [5, 5.41) is 17.1. The normalized spacial score (nSPS) is 11.6. The van der Waals surface area contributed by atoms with E-state index in [9.17, 15) is 14.4 Å². The van der Waals surface area contributed by atoms with Crippen LogP contribution in [0.25, 0.3) is 10.4 Å². The van der Waals surface area contributed by atoms with E-state index in [0.29, 0.717) is 19.4 Å². The second-order valence-electron chi connectivity index (χ2n) is 6.05. The molecule has 0 aliphatic heterocycles. The SMILES string of the molecule is CC(C)(C)OC(=O)N[C@@H](CCCCNC(=O)OCCN=[N+]=[N-])C(=O)O. The standard InChI is InChI=1S/C14H25N5O6/c1-14(2,3)25-13(23)18-10(11(20)21)6-4-5-7-16-12(22)24-9-8-17-19-15/h10H,4-9H2,1-3H3,(H,16,22)(H,18,23)(H,20,21)/t10-/m0/s1. The van der Waals surface area contributed by atoms with Crippen LogP contribution in [0.2, 0.25) is 0 Å². The minimum absolute atomic E-state index is 0.0171. The Morgan fingerprint density at radius 2 is 1.92 bits per heavy atom. The number of azide groups is 1. The molecule has 0 rings (SSSR count). The number of hydrogen-bond acceptors (Lipinski definition) is 6. The van der Waals surface area contributed by atoms with Gasteiger partial charge in [0.15, 0.2) is 0 Å². The van der Waals surface area contributed by atoms with Crippen LogP contribution in [0.5, 0.6) is 0 Å². The summed E-state index contributed by atoms with van der Waals surface area (Å²) in [6, 6.07) is -1.06. The average Bonchev–Trinajstić information content (AvgIpc) is 2.48. The molecule has 3 N–H and O–H groups in total. The van der Waals surface area contributed by atoms with Gasteiger partial charge in [0, 0.05) is 11.5 Å². The highest BCUT2D eigenvalue weighted by molar-refractivity contribution is 5.79. The van der Waals surface area contributed by atoms with Crippen molar-refractivity contribution >= 4 is 18.2 Å². The van der Waals surface area contributed by atoms with Crippen LogP contribution < -0.4 is 10.6 Å². The minimum atomic E-state index is -1.16. The summed E-state index contributed by atoms with van der Waals surface area (Å²) in [7, 11) is 0. The van der Waals surface area contributed by atoms with Crippen LogP contribution in [0.3, 0.4) is 0 Å². The van der Waals surface area contributed by atoms with Gasteiger partial charge in [-0.3, -0.25) is 0 Å². The molecule has 0 aliphatic rings. The van der Waals surface area contributed by atoms with E-state index >= 15 is 0 Å². The number of rotatable bonds is 10. The van der Waals surface area contributed by atoms with Crippen molar-refractivity contribution in [2.24, 2.45) is 5.11 Å². The first kappa shape index (κ1) is 22.3. The Kier molecular flexibility index (Phi) is 10.5. The lowest BCUT2D eigenvalue weighted by molar-refractivity contribution is -0.139. The number of ether oxygens (including phenoxy) is 2. The van der Waals surface area contributed by atoms with Gasteiger partial charge < -0.3 is 25.2 Å². The lowest BCUT2D eigenvalue weighted by Crippen LogP contribution is -2.43. The number of nitrogens with one attached hydrogen (secondary N) is 2. The number of unbranched alkanes of at least 4 members (excludes halogenated alkanes) is 1. The van der Waals surface area contributed by atoms with Crippen molar-refractivity contribution in [2.75, 3.05) is 19.7 Å². The number of carbonyl (C=O) groups is 3. The van der Waals surface area contributed by atoms with E-state index in [1.165, 1.54) is 0 Å². The highest BCUT2D eigenvalue weighted by Gasteiger charge is 2.23. The third kappa shape index (κ3) is 13.5. The molecule has 25 heavy (non-hydrogen) atoms. The van der Waals surface area contributed by atoms with Crippen LogP contribution in [0, 0.1) is 0 Å². The molecule has 1 atom stereocenters. The van der Waals surface area contributed by atoms with Gasteiger partial charge in [-0.2, -0.15) is 0 Å². The Hall–Kier alpha value is -2.68. The molecule has 0 saturated heterocycles. The highest BCUT2D eigenvalue weighted by atomic mass is 16.6. The van der Waals surface area contributed by atoms with Gasteiger partial charge in [0.1, 0.15) is 11.6 Å². The smallest absolute Gasteiger partial charge is 0.408 e. The van der Waals surface area contributed by atoms with Crippen molar-refractivity contribution in [3.63, 3.8) is 0 Å². The Balaban J connectivity index is 3.97. The summed E-state index contributed by atoms with van der Waals surface area (Å²) in [6.07, 6.45) is -0.268. The van der Waals surface area contributed by atoms with Crippen LogP contribution in [0.15, 0.2) is 5.11 Å². The number of carboxylic acid groups (broad SMARTS) is 1. The fourth-order valence-corrected chi connectivity index (χ4v) is 1.65. The number of amides is 2. The molecular weight excluding hydrogens is 334 g/mol. The van der Waals surface area contributed by atoms with Gasteiger partial charge in [-0.1, -0.05) is 5.11 Å². The summed E-state index contributed by atoms with van der Waals surface area (Å²) >= 11 is 0. The van der Waals surface area contributed by atoms with Crippen molar-refractivity contribution in [1.82, 2.24) is 10.6 Å². The Morgan fingerprint density at radius 1 is 1.24 bits per heavy atom. The molecule has 0 unspecified atom stereocenters. The first-order valence-electron chi connectivity index (χ1n) is 7.79. The van der Waals surface area contributed by atoms with Crippen molar-refractivity contribution in [1.29, 1.82) is 0 Å². The van der Waals surface area contributed by atoms with Crippen LogP contribution in [0.1, 0.15) is 40.0 Å². The van der Waals surface area contributed by atoms with E-state index in [4.69, 9.17) is 20.1 Å². The summed E-state index contributed by atoms with van der Waals surface area (Å²) in [6.45, 7) is 5.37. The number of carboxylic acids is 1.